The molecule has 4 nitrogen and oxygen atoms in total. The first-order valence-electron chi connectivity index (χ1n) is 7.12. The van der Waals surface area contributed by atoms with Crippen LogP contribution in [0.15, 0.2) is 18.5 Å². The number of nitrogens with zero attached hydrogens (tertiary/aromatic N) is 1. The van der Waals surface area contributed by atoms with Crippen LogP contribution in [0.3, 0.4) is 0 Å². The van der Waals surface area contributed by atoms with E-state index in [-0.39, 0.29) is 12.5 Å². The number of nitrogens with one attached hydrogen (secondary N) is 1. The molecule has 0 bridgehead atoms. The Bertz CT molecular complexity index is 513. The number of carbonyl (C=O) groups is 1. The van der Waals surface area contributed by atoms with Gasteiger partial charge in [0, 0.05) is 30.9 Å². The minimum Gasteiger partial charge on any atom is -0.395 e. The molecule has 0 aromatic carbocycles. The summed E-state index contributed by atoms with van der Waals surface area (Å²) in [5, 5.41) is 11.6. The summed E-state index contributed by atoms with van der Waals surface area (Å²) in [6, 6.07) is 1.73. The second kappa shape index (κ2) is 7.66. The van der Waals surface area contributed by atoms with Gasteiger partial charge in [0.2, 0.25) is 0 Å². The first kappa shape index (κ1) is 14.5. The van der Waals surface area contributed by atoms with E-state index < -0.39 is 0 Å². The van der Waals surface area contributed by atoms with E-state index in [0.717, 1.165) is 18.9 Å². The van der Waals surface area contributed by atoms with Gasteiger partial charge in [-0.15, -0.1) is 0 Å². The molecule has 1 fully saturated rings. The molecule has 1 amide bonds. The van der Waals surface area contributed by atoms with Gasteiger partial charge in [-0.1, -0.05) is 31.1 Å². The molecule has 1 aromatic heterocycles. The minimum absolute atomic E-state index is 0.0434. The van der Waals surface area contributed by atoms with Crippen LogP contribution in [0, 0.1) is 17.8 Å². The van der Waals surface area contributed by atoms with Crippen molar-refractivity contribution in [2.45, 2.75) is 32.1 Å². The van der Waals surface area contributed by atoms with Crippen LogP contribution < -0.4 is 5.32 Å². The van der Waals surface area contributed by atoms with Gasteiger partial charge in [0.05, 0.1) is 12.2 Å². The number of aliphatic hydroxyl groups is 1. The molecular formula is C16H20N2O2. The molecule has 106 valence electrons. The van der Waals surface area contributed by atoms with E-state index in [4.69, 9.17) is 5.11 Å². The molecule has 1 aliphatic rings. The van der Waals surface area contributed by atoms with Gasteiger partial charge in [0.1, 0.15) is 0 Å². The van der Waals surface area contributed by atoms with Crippen molar-refractivity contribution >= 4 is 5.91 Å². The predicted molar refractivity (Wildman–Crippen MR) is 77.1 cm³/mol. The van der Waals surface area contributed by atoms with Crippen LogP contribution in [0.5, 0.6) is 0 Å². The van der Waals surface area contributed by atoms with Gasteiger partial charge < -0.3 is 10.4 Å². The van der Waals surface area contributed by atoms with Gasteiger partial charge in [0.25, 0.3) is 5.91 Å². The monoisotopic (exact) mass is 272 g/mol. The molecule has 0 atom stereocenters. The molecule has 1 aliphatic carbocycles. The highest BCUT2D eigenvalue weighted by Gasteiger charge is 2.17. The molecule has 1 saturated carbocycles. The Labute approximate surface area is 119 Å². The Kier molecular flexibility index (Phi) is 5.57. The third-order valence-electron chi connectivity index (χ3n) is 3.53. The SMILES string of the molecule is O=C(NCCC1CCC1)c1cncc(C#CCCO)c1. The van der Waals surface area contributed by atoms with E-state index >= 15 is 0 Å². The lowest BCUT2D eigenvalue weighted by Gasteiger charge is -2.25. The van der Waals surface area contributed by atoms with E-state index in [9.17, 15) is 4.79 Å². The van der Waals surface area contributed by atoms with Crippen molar-refractivity contribution < 1.29 is 9.90 Å². The standard InChI is InChI=1S/C16H20N2O2/c19-9-2-1-4-14-10-15(12-17-11-14)16(20)18-8-7-13-5-3-6-13/h10-13,19H,2-3,5-9H2,(H,18,20). The number of hydrogen-bond acceptors (Lipinski definition) is 3. The molecule has 0 spiro atoms. The first-order chi connectivity index (χ1) is 9.79. The van der Waals surface area contributed by atoms with Crippen molar-refractivity contribution in [3.8, 4) is 11.8 Å². The molecule has 20 heavy (non-hydrogen) atoms. The van der Waals surface area contributed by atoms with E-state index in [1.54, 1.807) is 18.5 Å². The second-order valence-corrected chi connectivity index (χ2v) is 5.08. The molecule has 2 N–H and O–H groups in total. The number of carbonyl (C=O) groups excluding carboxylic acids is 1. The zero-order valence-electron chi connectivity index (χ0n) is 11.6. The van der Waals surface area contributed by atoms with Crippen molar-refractivity contribution in [1.82, 2.24) is 10.3 Å². The third kappa shape index (κ3) is 4.36. The van der Waals surface area contributed by atoms with Crippen LogP contribution in [0.4, 0.5) is 0 Å². The van der Waals surface area contributed by atoms with Crippen LogP contribution in [-0.2, 0) is 0 Å². The summed E-state index contributed by atoms with van der Waals surface area (Å²) in [7, 11) is 0. The Morgan fingerprint density at radius 2 is 2.30 bits per heavy atom. The predicted octanol–water partition coefficient (Wildman–Crippen LogP) is 1.74. The molecule has 0 saturated heterocycles. The topological polar surface area (TPSA) is 62.2 Å². The van der Waals surface area contributed by atoms with Crippen LogP contribution >= 0.6 is 0 Å². The molecule has 1 aromatic rings. The fourth-order valence-corrected chi connectivity index (χ4v) is 2.13. The number of rotatable bonds is 5. The molecule has 1 heterocycles. The van der Waals surface area contributed by atoms with Crippen LogP contribution in [-0.4, -0.2) is 29.1 Å². The second-order valence-electron chi connectivity index (χ2n) is 5.08. The summed E-state index contributed by atoms with van der Waals surface area (Å²) < 4.78 is 0. The summed E-state index contributed by atoms with van der Waals surface area (Å²) in [6.45, 7) is 0.770. The number of pyridine rings is 1. The Balaban J connectivity index is 1.85. The van der Waals surface area contributed by atoms with Crippen molar-refractivity contribution in [2.24, 2.45) is 5.92 Å². The summed E-state index contributed by atoms with van der Waals surface area (Å²) in [6.07, 6.45) is 8.59. The maximum atomic E-state index is 12.0. The number of aromatic nitrogens is 1. The Hall–Kier alpha value is -1.86. The highest BCUT2D eigenvalue weighted by atomic mass is 16.2. The molecule has 2 rings (SSSR count). The third-order valence-corrected chi connectivity index (χ3v) is 3.53. The fourth-order valence-electron chi connectivity index (χ4n) is 2.13. The fraction of sp³-hybridized carbons (Fsp3) is 0.500. The summed E-state index contributed by atoms with van der Waals surface area (Å²) in [4.78, 5) is 16.0. The Morgan fingerprint density at radius 3 is 3.00 bits per heavy atom. The summed E-state index contributed by atoms with van der Waals surface area (Å²) in [5.74, 6) is 6.40. The zero-order chi connectivity index (χ0) is 14.2. The lowest BCUT2D eigenvalue weighted by Crippen LogP contribution is -2.27. The van der Waals surface area contributed by atoms with Crippen LogP contribution in [0.1, 0.15) is 48.0 Å². The minimum atomic E-state index is -0.0948. The molecule has 0 aliphatic heterocycles. The number of aliphatic hydroxyl groups excluding tert-OH is 1. The van der Waals surface area contributed by atoms with E-state index in [2.05, 4.69) is 22.1 Å². The Morgan fingerprint density at radius 1 is 1.45 bits per heavy atom. The zero-order valence-corrected chi connectivity index (χ0v) is 11.6. The van der Waals surface area contributed by atoms with Gasteiger partial charge >= 0.3 is 0 Å². The van der Waals surface area contributed by atoms with Gasteiger partial charge in [-0.2, -0.15) is 0 Å². The van der Waals surface area contributed by atoms with Crippen molar-refractivity contribution in [2.75, 3.05) is 13.2 Å². The van der Waals surface area contributed by atoms with Crippen LogP contribution in [0.2, 0.25) is 0 Å². The smallest absolute Gasteiger partial charge is 0.252 e. The molecule has 0 unspecified atom stereocenters. The molecular weight excluding hydrogens is 252 g/mol. The lowest BCUT2D eigenvalue weighted by atomic mass is 9.83. The van der Waals surface area contributed by atoms with Gasteiger partial charge in [-0.3, -0.25) is 9.78 Å². The van der Waals surface area contributed by atoms with E-state index in [1.165, 1.54) is 19.3 Å². The van der Waals surface area contributed by atoms with Crippen LogP contribution in [0.25, 0.3) is 0 Å². The normalized spacial score (nSPS) is 14.1. The number of hydrogen-bond donors (Lipinski definition) is 2. The van der Waals surface area contributed by atoms with Gasteiger partial charge in [-0.25, -0.2) is 0 Å². The molecule has 4 heteroatoms. The maximum absolute atomic E-state index is 12.0. The summed E-state index contributed by atoms with van der Waals surface area (Å²) in [5.41, 5.74) is 1.24. The number of amides is 1. The average molecular weight is 272 g/mol. The summed E-state index contributed by atoms with van der Waals surface area (Å²) >= 11 is 0. The van der Waals surface area contributed by atoms with E-state index in [1.807, 2.05) is 0 Å². The molecule has 0 radical (unpaired) electrons. The highest BCUT2D eigenvalue weighted by molar-refractivity contribution is 5.94. The average Bonchev–Trinajstić information content (AvgIpc) is 2.42. The lowest BCUT2D eigenvalue weighted by molar-refractivity contribution is 0.0948. The van der Waals surface area contributed by atoms with Gasteiger partial charge in [-0.05, 0) is 18.4 Å². The quantitative estimate of drug-likeness (QED) is 0.803. The van der Waals surface area contributed by atoms with Crippen molar-refractivity contribution in [1.29, 1.82) is 0 Å². The van der Waals surface area contributed by atoms with Crippen molar-refractivity contribution in [3.05, 3.63) is 29.6 Å². The van der Waals surface area contributed by atoms with Crippen molar-refractivity contribution in [3.63, 3.8) is 0 Å². The van der Waals surface area contributed by atoms with Gasteiger partial charge in [0.15, 0.2) is 0 Å². The highest BCUT2D eigenvalue weighted by Crippen LogP contribution is 2.28. The van der Waals surface area contributed by atoms with E-state index in [0.29, 0.717) is 17.5 Å². The maximum Gasteiger partial charge on any atom is 0.252 e. The largest absolute Gasteiger partial charge is 0.395 e. The first-order valence-corrected chi connectivity index (χ1v) is 7.12.